The van der Waals surface area contributed by atoms with E-state index in [1.165, 1.54) is 41.0 Å². The molecule has 0 fully saturated rings. The van der Waals surface area contributed by atoms with Crippen LogP contribution in [0, 0.1) is 6.92 Å². The Morgan fingerprint density at radius 2 is 1.74 bits per heavy atom. The SMILES string of the molecule is CCC(F)(F)c1cn(-c2ccc(-c3cccc(S(=O)NC)c3)cc2N(N)/C(=C\N)c2ccc(OC(F)(F)F)cc2)c(C)n1. The van der Waals surface area contributed by atoms with Gasteiger partial charge in [0.15, 0.2) is 0 Å². The summed E-state index contributed by atoms with van der Waals surface area (Å²) < 4.78 is 87.6. The van der Waals surface area contributed by atoms with Gasteiger partial charge in [0, 0.05) is 24.4 Å². The number of halogens is 5. The van der Waals surface area contributed by atoms with Crippen LogP contribution in [0.25, 0.3) is 22.5 Å². The second-order valence-electron chi connectivity index (χ2n) is 9.30. The minimum atomic E-state index is -4.86. The van der Waals surface area contributed by atoms with Crippen LogP contribution in [-0.4, -0.2) is 27.2 Å². The average molecular weight is 621 g/mol. The second kappa shape index (κ2) is 12.5. The van der Waals surface area contributed by atoms with Crippen LogP contribution in [0.15, 0.2) is 84.0 Å². The molecule has 14 heteroatoms. The van der Waals surface area contributed by atoms with Gasteiger partial charge in [0.05, 0.1) is 22.0 Å². The van der Waals surface area contributed by atoms with Gasteiger partial charge in [-0.15, -0.1) is 13.2 Å². The first kappa shape index (κ1) is 31.7. The van der Waals surface area contributed by atoms with E-state index in [-0.39, 0.29) is 11.5 Å². The van der Waals surface area contributed by atoms with Crippen LogP contribution < -0.4 is 26.0 Å². The van der Waals surface area contributed by atoms with Crippen LogP contribution in [-0.2, 0) is 16.9 Å². The molecule has 3 aromatic carbocycles. The highest BCUT2D eigenvalue weighted by Crippen LogP contribution is 2.37. The van der Waals surface area contributed by atoms with Gasteiger partial charge in [-0.05, 0) is 73.6 Å². The highest BCUT2D eigenvalue weighted by Gasteiger charge is 2.33. The van der Waals surface area contributed by atoms with E-state index in [0.717, 1.165) is 12.1 Å². The minimum absolute atomic E-state index is 0.193. The molecule has 43 heavy (non-hydrogen) atoms. The Labute approximate surface area is 247 Å². The third kappa shape index (κ3) is 7.04. The van der Waals surface area contributed by atoms with E-state index in [2.05, 4.69) is 14.4 Å². The number of benzene rings is 3. The van der Waals surface area contributed by atoms with Crippen molar-refractivity contribution in [2.24, 2.45) is 11.6 Å². The van der Waals surface area contributed by atoms with Crippen LogP contribution in [0.5, 0.6) is 5.75 Å². The molecule has 8 nitrogen and oxygen atoms in total. The number of aromatic nitrogens is 2. The molecule has 0 radical (unpaired) electrons. The van der Waals surface area contributed by atoms with Gasteiger partial charge in [-0.1, -0.05) is 25.1 Å². The number of hydrazine groups is 1. The molecular formula is C29H29F5N6O2S. The van der Waals surface area contributed by atoms with E-state index in [1.807, 2.05) is 0 Å². The van der Waals surface area contributed by atoms with Crippen molar-refractivity contribution in [2.45, 2.75) is 37.4 Å². The van der Waals surface area contributed by atoms with Crippen LogP contribution in [0.3, 0.4) is 0 Å². The molecule has 5 N–H and O–H groups in total. The summed E-state index contributed by atoms with van der Waals surface area (Å²) >= 11 is 0. The number of anilines is 1. The summed E-state index contributed by atoms with van der Waals surface area (Å²) in [6, 6.07) is 17.0. The third-order valence-electron chi connectivity index (χ3n) is 6.56. The maximum atomic E-state index is 14.6. The maximum Gasteiger partial charge on any atom is 0.573 e. The first-order valence-corrected chi connectivity index (χ1v) is 14.0. The molecule has 0 aliphatic carbocycles. The molecule has 228 valence electrons. The standard InChI is InChI=1S/C29H29F5N6O2S/c1-4-28(30,31)27-17-39(18(2)38-27)24-13-10-21(20-6-5-7-23(14-20)43(41)37-3)15-25(24)40(36)26(16-35)19-8-11-22(12-9-19)42-29(32,33)34/h5-17,37H,4,35-36H2,1-3H3/b26-16-. The highest BCUT2D eigenvalue weighted by molar-refractivity contribution is 7.83. The lowest BCUT2D eigenvalue weighted by Gasteiger charge is -2.26. The fourth-order valence-electron chi connectivity index (χ4n) is 4.36. The molecule has 4 aromatic rings. The Bertz CT molecular complexity index is 1650. The summed E-state index contributed by atoms with van der Waals surface area (Å²) in [6.45, 7) is 2.93. The molecule has 0 saturated carbocycles. The number of rotatable bonds is 10. The van der Waals surface area contributed by atoms with Crippen molar-refractivity contribution in [1.82, 2.24) is 14.3 Å². The number of hydrogen-bond donors (Lipinski definition) is 3. The lowest BCUT2D eigenvalue weighted by atomic mass is 10.0. The quantitative estimate of drug-likeness (QED) is 0.112. The van der Waals surface area contributed by atoms with Gasteiger partial charge in [-0.25, -0.2) is 19.8 Å². The normalized spacial score (nSPS) is 13.2. The van der Waals surface area contributed by atoms with Crippen molar-refractivity contribution in [3.63, 3.8) is 0 Å². The van der Waals surface area contributed by atoms with Gasteiger partial charge in [0.25, 0.3) is 5.92 Å². The molecule has 1 aromatic heterocycles. The Morgan fingerprint density at radius 3 is 2.35 bits per heavy atom. The van der Waals surface area contributed by atoms with Gasteiger partial charge in [-0.2, -0.15) is 8.78 Å². The lowest BCUT2D eigenvalue weighted by molar-refractivity contribution is -0.274. The first-order valence-electron chi connectivity index (χ1n) is 12.9. The smallest absolute Gasteiger partial charge is 0.406 e. The monoisotopic (exact) mass is 620 g/mol. The van der Waals surface area contributed by atoms with E-state index in [0.29, 0.717) is 33.0 Å². The third-order valence-corrected chi connectivity index (χ3v) is 7.62. The molecule has 0 amide bonds. The lowest BCUT2D eigenvalue weighted by Crippen LogP contribution is -2.31. The Morgan fingerprint density at radius 1 is 1.07 bits per heavy atom. The van der Waals surface area contributed by atoms with Crippen molar-refractivity contribution in [1.29, 1.82) is 0 Å². The molecule has 0 aliphatic heterocycles. The van der Waals surface area contributed by atoms with Crippen molar-refractivity contribution >= 4 is 22.4 Å². The van der Waals surface area contributed by atoms with E-state index < -0.39 is 41.1 Å². The molecule has 4 rings (SSSR count). The minimum Gasteiger partial charge on any atom is -0.406 e. The zero-order valence-corrected chi connectivity index (χ0v) is 24.1. The van der Waals surface area contributed by atoms with Crippen molar-refractivity contribution in [2.75, 3.05) is 12.1 Å². The van der Waals surface area contributed by atoms with Crippen molar-refractivity contribution < 1.29 is 30.9 Å². The number of imidazole rings is 1. The van der Waals surface area contributed by atoms with Gasteiger partial charge >= 0.3 is 6.36 Å². The molecule has 1 unspecified atom stereocenters. The summed E-state index contributed by atoms with van der Waals surface area (Å²) in [5, 5.41) is 1.20. The predicted octanol–water partition coefficient (Wildman–Crippen LogP) is 6.13. The number of hydrogen-bond acceptors (Lipinski definition) is 6. The number of ether oxygens (including phenoxy) is 1. The zero-order chi connectivity index (χ0) is 31.5. The maximum absolute atomic E-state index is 14.6. The first-order chi connectivity index (χ1) is 20.3. The molecule has 1 heterocycles. The Hall–Kier alpha value is -4.27. The van der Waals surface area contributed by atoms with Gasteiger partial charge in [0.2, 0.25) is 0 Å². The summed E-state index contributed by atoms with van der Waals surface area (Å²) in [6.07, 6.45) is -2.91. The Kier molecular flexibility index (Phi) is 9.23. The van der Waals surface area contributed by atoms with Gasteiger partial charge in [0.1, 0.15) is 28.3 Å². The molecule has 0 spiro atoms. The highest BCUT2D eigenvalue weighted by atomic mass is 32.2. The van der Waals surface area contributed by atoms with Gasteiger partial charge < -0.3 is 15.0 Å². The fraction of sp³-hybridized carbons (Fsp3) is 0.207. The largest absolute Gasteiger partial charge is 0.573 e. The van der Waals surface area contributed by atoms with Crippen LogP contribution in [0.4, 0.5) is 27.6 Å². The number of alkyl halides is 5. The van der Waals surface area contributed by atoms with E-state index in [9.17, 15) is 26.2 Å². The van der Waals surface area contributed by atoms with Crippen LogP contribution in [0.2, 0.25) is 0 Å². The molecular weight excluding hydrogens is 591 g/mol. The Balaban J connectivity index is 1.85. The molecule has 0 aliphatic rings. The summed E-state index contributed by atoms with van der Waals surface area (Å²) in [5.41, 5.74) is 8.09. The van der Waals surface area contributed by atoms with E-state index in [1.54, 1.807) is 56.4 Å². The summed E-state index contributed by atoms with van der Waals surface area (Å²) in [5.74, 6) is 3.28. The summed E-state index contributed by atoms with van der Waals surface area (Å²) in [4.78, 5) is 4.60. The molecule has 0 bridgehead atoms. The number of nitrogens with two attached hydrogens (primary N) is 2. The van der Waals surface area contributed by atoms with Gasteiger partial charge in [-0.3, -0.25) is 5.01 Å². The van der Waals surface area contributed by atoms with Crippen molar-refractivity contribution in [3.05, 3.63) is 96.2 Å². The molecule has 1 atom stereocenters. The number of aryl methyl sites for hydroxylation is 1. The average Bonchev–Trinajstić information content (AvgIpc) is 3.39. The predicted molar refractivity (Wildman–Crippen MR) is 155 cm³/mol. The summed E-state index contributed by atoms with van der Waals surface area (Å²) in [7, 11) is 0.114. The number of nitrogens with one attached hydrogen (secondary N) is 1. The van der Waals surface area contributed by atoms with E-state index >= 15 is 0 Å². The molecule has 0 saturated heterocycles. The van der Waals surface area contributed by atoms with Crippen molar-refractivity contribution in [3.8, 4) is 22.6 Å². The topological polar surface area (TPSA) is 111 Å². The fourth-order valence-corrected chi connectivity index (χ4v) is 5.03. The van der Waals surface area contributed by atoms with Crippen LogP contribution >= 0.6 is 0 Å². The van der Waals surface area contributed by atoms with Crippen LogP contribution in [0.1, 0.15) is 30.4 Å². The number of nitrogens with zero attached hydrogens (tertiary/aromatic N) is 3. The zero-order valence-electron chi connectivity index (χ0n) is 23.3. The second-order valence-corrected chi connectivity index (χ2v) is 10.7. The van der Waals surface area contributed by atoms with E-state index in [4.69, 9.17) is 11.6 Å².